The molecule has 2 N–H and O–H groups in total. The van der Waals surface area contributed by atoms with Gasteiger partial charge in [-0.05, 0) is 42.8 Å². The van der Waals surface area contributed by atoms with E-state index < -0.39 is 60.4 Å². The zero-order valence-corrected chi connectivity index (χ0v) is 25.2. The van der Waals surface area contributed by atoms with Gasteiger partial charge in [-0.2, -0.15) is 23.9 Å². The van der Waals surface area contributed by atoms with E-state index in [1.165, 1.54) is 29.0 Å². The minimum Gasteiger partial charge on any atom is -0.554 e. The van der Waals surface area contributed by atoms with E-state index in [2.05, 4.69) is 16.9 Å². The Hall–Kier alpha value is -4.49. The number of carboxylic acid groups (broad SMARTS) is 1. The number of carbonyl (C=O) groups excluding carboxylic acids is 3. The van der Waals surface area contributed by atoms with Gasteiger partial charge in [0.25, 0.3) is 5.92 Å². The number of carbonyl (C=O) groups is 3. The molecule has 3 fully saturated rings. The number of halogens is 5. The second kappa shape index (κ2) is 13.1. The summed E-state index contributed by atoms with van der Waals surface area (Å²) >= 11 is 0. The first-order valence-corrected chi connectivity index (χ1v) is 14.3. The van der Waals surface area contributed by atoms with Gasteiger partial charge < -0.3 is 24.0 Å². The molecule has 2 amide bonds. The molecule has 248 valence electrons. The lowest BCUT2D eigenvalue weighted by atomic mass is 9.81. The van der Waals surface area contributed by atoms with Gasteiger partial charge in [0.2, 0.25) is 0 Å². The van der Waals surface area contributed by atoms with Crippen LogP contribution >= 0.6 is 0 Å². The topological polar surface area (TPSA) is 138 Å². The fourth-order valence-electron chi connectivity index (χ4n) is 6.48. The number of fused-ring (bicyclic) bond motifs is 1. The van der Waals surface area contributed by atoms with Gasteiger partial charge in [0, 0.05) is 23.8 Å². The van der Waals surface area contributed by atoms with Crippen molar-refractivity contribution in [3.8, 4) is 6.07 Å². The second-order valence-electron chi connectivity index (χ2n) is 11.7. The molecule has 0 saturated carbocycles. The molecule has 0 bridgehead atoms. The number of ether oxygens (including phenoxy) is 1. The first-order valence-electron chi connectivity index (χ1n) is 14.3. The van der Waals surface area contributed by atoms with Crippen LogP contribution in [0, 0.1) is 17.2 Å². The van der Waals surface area contributed by atoms with E-state index in [1.807, 2.05) is 7.05 Å². The zero-order chi connectivity index (χ0) is 34.0. The maximum atomic E-state index is 14.0. The van der Waals surface area contributed by atoms with Crippen LogP contribution in [0.15, 0.2) is 42.5 Å². The van der Waals surface area contributed by atoms with Crippen LogP contribution in [0.2, 0.25) is 0 Å². The number of anilines is 1. The summed E-state index contributed by atoms with van der Waals surface area (Å²) in [7, 11) is 3.04. The van der Waals surface area contributed by atoms with Crippen molar-refractivity contribution in [3.63, 3.8) is 0 Å². The fraction of sp³-hybridized carbons (Fsp3) is 0.467. The number of likely N-dealkylation sites (tertiary alicyclic amines) is 1. The number of nitrogens with one attached hydrogen (secondary N) is 2. The van der Waals surface area contributed by atoms with Gasteiger partial charge in [0.15, 0.2) is 6.29 Å². The smallest absolute Gasteiger partial charge is 0.416 e. The highest BCUT2D eigenvalue weighted by molar-refractivity contribution is 5.82. The number of rotatable bonds is 5. The van der Waals surface area contributed by atoms with Crippen molar-refractivity contribution in [3.05, 3.63) is 64.7 Å². The number of hydrogen-bond acceptors (Lipinski definition) is 8. The lowest BCUT2D eigenvalue weighted by Crippen LogP contribution is -2.65. The molecule has 2 aromatic rings. The molecule has 46 heavy (non-hydrogen) atoms. The Labute approximate surface area is 261 Å². The summed E-state index contributed by atoms with van der Waals surface area (Å²) < 4.78 is 74.4. The molecule has 3 aliphatic heterocycles. The average molecular weight is 653 g/mol. The predicted molar refractivity (Wildman–Crippen MR) is 150 cm³/mol. The van der Waals surface area contributed by atoms with E-state index in [4.69, 9.17) is 14.6 Å². The van der Waals surface area contributed by atoms with Gasteiger partial charge in [0.05, 0.1) is 63.3 Å². The van der Waals surface area contributed by atoms with Crippen LogP contribution in [0.4, 0.5) is 32.4 Å². The predicted octanol–water partition coefficient (Wildman–Crippen LogP) is 2.87. The minimum atomic E-state index is -4.62. The summed E-state index contributed by atoms with van der Waals surface area (Å²) in [5, 5.41) is 17.9. The maximum Gasteiger partial charge on any atom is 0.416 e. The first kappa shape index (κ1) is 34.4. The van der Waals surface area contributed by atoms with Crippen LogP contribution in [-0.4, -0.2) is 73.4 Å². The van der Waals surface area contributed by atoms with Crippen molar-refractivity contribution < 1.29 is 50.7 Å². The number of nitrogens with zero attached hydrogens (tertiary/aromatic N) is 4. The normalized spacial score (nSPS) is 24.9. The van der Waals surface area contributed by atoms with Crippen LogP contribution in [0.1, 0.15) is 48.1 Å². The Balaban J connectivity index is 0.00000154. The Kier molecular flexibility index (Phi) is 9.78. The summed E-state index contributed by atoms with van der Waals surface area (Å²) in [6.07, 6.45) is -6.22. The maximum absolute atomic E-state index is 14.0. The van der Waals surface area contributed by atoms with Crippen LogP contribution < -0.4 is 20.9 Å². The first-order chi connectivity index (χ1) is 21.6. The average Bonchev–Trinajstić information content (AvgIpc) is 3.38. The van der Waals surface area contributed by atoms with E-state index in [0.29, 0.717) is 16.7 Å². The number of esters is 1. The molecular weight excluding hydrogens is 619 g/mol. The van der Waals surface area contributed by atoms with Crippen molar-refractivity contribution in [2.24, 2.45) is 5.92 Å². The SMILES string of the molecule is COC(=O)C1C(C)N(c2cccc(C(F)(F)F)c2)C2NNC(=O)N2[C@H]1c1ccc(C#N)cc1C[N+]1(C)CCC(F)(F)CC1.O=C[O-]. The van der Waals surface area contributed by atoms with Gasteiger partial charge in [-0.15, -0.1) is 0 Å². The number of benzene rings is 2. The number of urea groups is 1. The summed E-state index contributed by atoms with van der Waals surface area (Å²) in [5.41, 5.74) is 6.04. The van der Waals surface area contributed by atoms with E-state index >= 15 is 0 Å². The molecule has 0 aliphatic carbocycles. The second-order valence-corrected chi connectivity index (χ2v) is 11.7. The molecule has 3 aliphatic rings. The minimum absolute atomic E-state index is 0.126. The van der Waals surface area contributed by atoms with Crippen LogP contribution in [0.25, 0.3) is 0 Å². The van der Waals surface area contributed by atoms with E-state index in [-0.39, 0.29) is 42.6 Å². The summed E-state index contributed by atoms with van der Waals surface area (Å²) in [4.78, 5) is 38.0. The Bertz CT molecular complexity index is 1510. The number of nitriles is 1. The number of quaternary nitrogens is 1. The van der Waals surface area contributed by atoms with Crippen LogP contribution in [-0.2, 0) is 27.0 Å². The Morgan fingerprint density at radius 3 is 2.43 bits per heavy atom. The van der Waals surface area contributed by atoms with Crippen molar-refractivity contribution in [2.75, 3.05) is 32.1 Å². The number of amides is 2. The molecule has 4 atom stereocenters. The van der Waals surface area contributed by atoms with Crippen LogP contribution in [0.3, 0.4) is 0 Å². The van der Waals surface area contributed by atoms with Crippen molar-refractivity contribution in [1.82, 2.24) is 15.8 Å². The monoisotopic (exact) mass is 652 g/mol. The molecule has 3 saturated heterocycles. The highest BCUT2D eigenvalue weighted by Crippen LogP contribution is 2.46. The summed E-state index contributed by atoms with van der Waals surface area (Å²) in [6, 6.07) is 9.16. The lowest BCUT2D eigenvalue weighted by Gasteiger charge is -2.52. The van der Waals surface area contributed by atoms with E-state index in [9.17, 15) is 36.8 Å². The largest absolute Gasteiger partial charge is 0.554 e. The third-order valence-electron chi connectivity index (χ3n) is 8.79. The van der Waals surface area contributed by atoms with Crippen molar-refractivity contribution >= 4 is 24.2 Å². The molecule has 16 heteroatoms. The number of hydrogen-bond donors (Lipinski definition) is 2. The molecule has 0 spiro atoms. The number of piperidine rings is 1. The zero-order valence-electron chi connectivity index (χ0n) is 25.2. The quantitative estimate of drug-likeness (QED) is 0.218. The Morgan fingerprint density at radius 1 is 1.20 bits per heavy atom. The Morgan fingerprint density at radius 2 is 1.85 bits per heavy atom. The standard InChI is InChI=1S/C29H31F5N6O3.CH2O2/c1-17-23(25(41)43-3)24(22-8-7-18(15-35)13-19(22)16-40(2)11-9-28(30,31)10-12-40)39-26(36-37-27(39)42)38(17)21-6-4-5-20(14-21)29(32,33)34;2-1-3/h4-8,13-14,17,23-24,26,36H,9-12,16H2,1-3H3;1H,(H,2,3)/t17?,23?,24-,26?;/m0./s1. The van der Waals surface area contributed by atoms with Crippen molar-refractivity contribution in [1.29, 1.82) is 5.26 Å². The number of alkyl halides is 5. The van der Waals surface area contributed by atoms with Gasteiger partial charge >= 0.3 is 18.2 Å². The lowest BCUT2D eigenvalue weighted by molar-refractivity contribution is -0.929. The van der Waals surface area contributed by atoms with Gasteiger partial charge in [-0.1, -0.05) is 12.1 Å². The molecule has 0 radical (unpaired) electrons. The summed E-state index contributed by atoms with van der Waals surface area (Å²) in [5.74, 6) is -4.53. The third-order valence-corrected chi connectivity index (χ3v) is 8.79. The van der Waals surface area contributed by atoms with Gasteiger partial charge in [0.1, 0.15) is 12.5 Å². The van der Waals surface area contributed by atoms with Gasteiger partial charge in [-0.3, -0.25) is 15.1 Å². The van der Waals surface area contributed by atoms with Crippen molar-refractivity contribution in [2.45, 2.75) is 56.8 Å². The molecule has 3 heterocycles. The van der Waals surface area contributed by atoms with Crippen LogP contribution in [0.5, 0.6) is 0 Å². The highest BCUT2D eigenvalue weighted by Gasteiger charge is 2.55. The highest BCUT2D eigenvalue weighted by atomic mass is 19.4. The summed E-state index contributed by atoms with van der Waals surface area (Å²) in [6.45, 7) is 1.79. The molecule has 0 aromatic heterocycles. The number of methoxy groups -OCH3 is 1. The molecule has 11 nitrogen and oxygen atoms in total. The molecule has 3 unspecified atom stereocenters. The number of hydrazine groups is 1. The molecule has 2 aromatic carbocycles. The van der Waals surface area contributed by atoms with E-state index in [0.717, 1.165) is 12.1 Å². The fourth-order valence-corrected chi connectivity index (χ4v) is 6.48. The van der Waals surface area contributed by atoms with Gasteiger partial charge in [-0.25, -0.2) is 13.6 Å². The molecular formula is C30H33F5N6O5. The third kappa shape index (κ3) is 6.85. The van der Waals surface area contributed by atoms with E-state index in [1.54, 1.807) is 25.1 Å². The molecule has 5 rings (SSSR count).